The van der Waals surface area contributed by atoms with Gasteiger partial charge >= 0.3 is 0 Å². The molecule has 2 saturated heterocycles. The molecule has 0 aliphatic carbocycles. The summed E-state index contributed by atoms with van der Waals surface area (Å²) >= 11 is 1.50. The summed E-state index contributed by atoms with van der Waals surface area (Å²) in [4.78, 5) is 19.2. The van der Waals surface area contributed by atoms with Gasteiger partial charge in [0.1, 0.15) is 0 Å². The zero-order valence-electron chi connectivity index (χ0n) is 13.7. The van der Waals surface area contributed by atoms with Crippen molar-refractivity contribution in [2.45, 2.75) is 31.6 Å². The van der Waals surface area contributed by atoms with Gasteiger partial charge in [0.05, 0.1) is 29.5 Å². The van der Waals surface area contributed by atoms with Crippen LogP contribution < -0.4 is 5.32 Å². The molecule has 4 rings (SSSR count). The number of piperidine rings is 1. The summed E-state index contributed by atoms with van der Waals surface area (Å²) in [6.45, 7) is 4.89. The third kappa shape index (κ3) is 3.04. The molecule has 0 bridgehead atoms. The van der Waals surface area contributed by atoms with Crippen LogP contribution in [0.3, 0.4) is 0 Å². The fraction of sp³-hybridized carbons (Fsp3) is 0.529. The Morgan fingerprint density at radius 3 is 2.71 bits per heavy atom. The number of amides is 1. The van der Waals surface area contributed by atoms with Gasteiger partial charge in [-0.15, -0.1) is 0 Å². The Bertz CT molecular complexity index is 699. The van der Waals surface area contributed by atoms with Crippen molar-refractivity contribution in [1.29, 1.82) is 0 Å². The molecule has 6 nitrogen and oxygen atoms in total. The molecule has 3 heterocycles. The molecule has 7 heteroatoms. The summed E-state index contributed by atoms with van der Waals surface area (Å²) in [5.74, 6) is -0.419. The first-order valence-electron chi connectivity index (χ1n) is 8.34. The quantitative estimate of drug-likeness (QED) is 0.924. The molecule has 1 aromatic heterocycles. The highest BCUT2D eigenvalue weighted by Gasteiger charge is 2.41. The predicted molar refractivity (Wildman–Crippen MR) is 93.2 cm³/mol. The number of anilines is 1. The second-order valence-electron chi connectivity index (χ2n) is 6.30. The lowest BCUT2D eigenvalue weighted by molar-refractivity contribution is -0.187. The number of para-hydroxylation sites is 1. The molecule has 1 N–H and O–H groups in total. The highest BCUT2D eigenvalue weighted by atomic mass is 32.1. The van der Waals surface area contributed by atoms with Crippen LogP contribution in [0.5, 0.6) is 0 Å². The minimum Gasteiger partial charge on any atom is -0.347 e. The lowest BCUT2D eigenvalue weighted by Gasteiger charge is -2.39. The van der Waals surface area contributed by atoms with E-state index < -0.39 is 5.79 Å². The summed E-state index contributed by atoms with van der Waals surface area (Å²) in [7, 11) is 0. The summed E-state index contributed by atoms with van der Waals surface area (Å²) in [5.41, 5.74) is 0.917. The maximum Gasteiger partial charge on any atom is 0.243 e. The molecular weight excluding hydrogens is 326 g/mol. The van der Waals surface area contributed by atoms with E-state index in [4.69, 9.17) is 9.47 Å². The van der Waals surface area contributed by atoms with Crippen LogP contribution in [0, 0.1) is 0 Å². The number of carbonyl (C=O) groups excluding carboxylic acids is 1. The maximum absolute atomic E-state index is 12.6. The first-order valence-corrected chi connectivity index (χ1v) is 9.15. The van der Waals surface area contributed by atoms with Crippen molar-refractivity contribution < 1.29 is 14.3 Å². The van der Waals surface area contributed by atoms with E-state index in [1.165, 1.54) is 11.3 Å². The number of likely N-dealkylation sites (tertiary alicyclic amines) is 1. The van der Waals surface area contributed by atoms with E-state index in [0.29, 0.717) is 18.3 Å². The standard InChI is InChI=1S/C17H21N3O3S/c1-12(20-8-6-17(7-9-20)22-10-11-23-17)15(21)19-16-18-13-4-2-3-5-14(13)24-16/h2-5,12H,6-11H2,1H3,(H,18,19,21). The van der Waals surface area contributed by atoms with Gasteiger partial charge in [0.25, 0.3) is 0 Å². The summed E-state index contributed by atoms with van der Waals surface area (Å²) < 4.78 is 12.6. The average molecular weight is 347 g/mol. The normalized spacial score (nSPS) is 22.0. The van der Waals surface area contributed by atoms with Crippen LogP contribution >= 0.6 is 11.3 Å². The summed E-state index contributed by atoms with van der Waals surface area (Å²) in [5, 5.41) is 3.61. The molecular formula is C17H21N3O3S. The van der Waals surface area contributed by atoms with E-state index >= 15 is 0 Å². The Labute approximate surface area is 144 Å². The number of benzene rings is 1. The third-order valence-electron chi connectivity index (χ3n) is 4.82. The Kier molecular flexibility index (Phi) is 4.26. The molecule has 0 radical (unpaired) electrons. The number of rotatable bonds is 3. The van der Waals surface area contributed by atoms with Crippen LogP contribution in [0.25, 0.3) is 10.2 Å². The van der Waals surface area contributed by atoms with Gasteiger partial charge in [-0.3, -0.25) is 9.69 Å². The summed E-state index contributed by atoms with van der Waals surface area (Å²) in [6, 6.07) is 7.70. The minimum atomic E-state index is -0.403. The Morgan fingerprint density at radius 2 is 2.00 bits per heavy atom. The molecule has 1 amide bonds. The highest BCUT2D eigenvalue weighted by molar-refractivity contribution is 7.22. The Morgan fingerprint density at radius 1 is 1.29 bits per heavy atom. The average Bonchev–Trinajstić information content (AvgIpc) is 3.21. The van der Waals surface area contributed by atoms with Gasteiger partial charge in [-0.05, 0) is 19.1 Å². The largest absolute Gasteiger partial charge is 0.347 e. The number of hydrogen-bond donors (Lipinski definition) is 1. The van der Waals surface area contributed by atoms with Crippen molar-refractivity contribution in [2.75, 3.05) is 31.6 Å². The van der Waals surface area contributed by atoms with Crippen LogP contribution in [0.15, 0.2) is 24.3 Å². The van der Waals surface area contributed by atoms with Crippen molar-refractivity contribution in [3.05, 3.63) is 24.3 Å². The van der Waals surface area contributed by atoms with Crippen molar-refractivity contribution in [3.8, 4) is 0 Å². The molecule has 2 aromatic rings. The number of aromatic nitrogens is 1. The van der Waals surface area contributed by atoms with E-state index in [1.807, 2.05) is 31.2 Å². The molecule has 2 fully saturated rings. The smallest absolute Gasteiger partial charge is 0.243 e. The second kappa shape index (κ2) is 6.40. The zero-order chi connectivity index (χ0) is 16.6. The molecule has 1 spiro atoms. The molecule has 1 atom stereocenters. The molecule has 2 aliphatic heterocycles. The maximum atomic E-state index is 12.6. The third-order valence-corrected chi connectivity index (χ3v) is 5.78. The molecule has 24 heavy (non-hydrogen) atoms. The van der Waals surface area contributed by atoms with Crippen LogP contribution in [-0.4, -0.2) is 53.9 Å². The molecule has 128 valence electrons. The van der Waals surface area contributed by atoms with E-state index in [1.54, 1.807) is 0 Å². The second-order valence-corrected chi connectivity index (χ2v) is 7.33. The van der Waals surface area contributed by atoms with E-state index in [-0.39, 0.29) is 11.9 Å². The molecule has 1 unspecified atom stereocenters. The molecule has 2 aliphatic rings. The van der Waals surface area contributed by atoms with Crippen molar-refractivity contribution in [3.63, 3.8) is 0 Å². The fourth-order valence-electron chi connectivity index (χ4n) is 3.34. The Balaban J connectivity index is 1.37. The number of ether oxygens (including phenoxy) is 2. The van der Waals surface area contributed by atoms with Crippen molar-refractivity contribution >= 4 is 32.6 Å². The topological polar surface area (TPSA) is 63.7 Å². The predicted octanol–water partition coefficient (Wildman–Crippen LogP) is 2.46. The van der Waals surface area contributed by atoms with Crippen molar-refractivity contribution in [1.82, 2.24) is 9.88 Å². The van der Waals surface area contributed by atoms with Crippen LogP contribution in [0.4, 0.5) is 5.13 Å². The van der Waals surface area contributed by atoms with Gasteiger partial charge in [0.15, 0.2) is 10.9 Å². The fourth-order valence-corrected chi connectivity index (χ4v) is 4.21. The van der Waals surface area contributed by atoms with Gasteiger partial charge in [-0.1, -0.05) is 23.5 Å². The number of nitrogens with one attached hydrogen (secondary N) is 1. The van der Waals surface area contributed by atoms with Gasteiger partial charge < -0.3 is 14.8 Å². The number of carbonyl (C=O) groups is 1. The van der Waals surface area contributed by atoms with Gasteiger partial charge in [0, 0.05) is 25.9 Å². The lowest BCUT2D eigenvalue weighted by atomic mass is 10.0. The first kappa shape index (κ1) is 16.0. The zero-order valence-corrected chi connectivity index (χ0v) is 14.5. The summed E-state index contributed by atoms with van der Waals surface area (Å²) in [6.07, 6.45) is 1.62. The number of hydrogen-bond acceptors (Lipinski definition) is 6. The first-order chi connectivity index (χ1) is 11.7. The molecule has 0 saturated carbocycles. The monoisotopic (exact) mass is 347 g/mol. The highest BCUT2D eigenvalue weighted by Crippen LogP contribution is 2.32. The Hall–Kier alpha value is -1.54. The van der Waals surface area contributed by atoms with E-state index in [9.17, 15) is 4.79 Å². The minimum absolute atomic E-state index is 0.0155. The van der Waals surface area contributed by atoms with E-state index in [2.05, 4.69) is 15.2 Å². The van der Waals surface area contributed by atoms with Crippen LogP contribution in [0.1, 0.15) is 19.8 Å². The SMILES string of the molecule is CC(C(=O)Nc1nc2ccccc2s1)N1CCC2(CC1)OCCO2. The van der Waals surface area contributed by atoms with Crippen molar-refractivity contribution in [2.24, 2.45) is 0 Å². The van der Waals surface area contributed by atoms with Gasteiger partial charge in [-0.2, -0.15) is 0 Å². The van der Waals surface area contributed by atoms with Crippen LogP contribution in [0.2, 0.25) is 0 Å². The van der Waals surface area contributed by atoms with E-state index in [0.717, 1.165) is 36.1 Å². The lowest BCUT2D eigenvalue weighted by Crippen LogP contribution is -2.51. The number of fused-ring (bicyclic) bond motifs is 1. The number of thiazole rings is 1. The van der Waals surface area contributed by atoms with Crippen LogP contribution in [-0.2, 0) is 14.3 Å². The number of nitrogens with zero attached hydrogens (tertiary/aromatic N) is 2. The van der Waals surface area contributed by atoms with Gasteiger partial charge in [-0.25, -0.2) is 4.98 Å². The molecule has 1 aromatic carbocycles. The van der Waals surface area contributed by atoms with Gasteiger partial charge in [0.2, 0.25) is 5.91 Å².